The minimum Gasteiger partial charge on any atom is -0.481 e. The molecule has 0 aliphatic heterocycles. The summed E-state index contributed by atoms with van der Waals surface area (Å²) in [7, 11) is 1.73. The van der Waals surface area contributed by atoms with Gasteiger partial charge in [0.1, 0.15) is 0 Å². The smallest absolute Gasteiger partial charge is 0.305 e. The van der Waals surface area contributed by atoms with Crippen molar-refractivity contribution in [3.05, 3.63) is 19.2 Å². The third-order valence-electron chi connectivity index (χ3n) is 4.17. The molecular formula is C14H17Br2NO3S. The first-order valence-electron chi connectivity index (χ1n) is 6.80. The van der Waals surface area contributed by atoms with E-state index in [0.717, 1.165) is 39.7 Å². The van der Waals surface area contributed by atoms with E-state index in [1.807, 2.05) is 0 Å². The van der Waals surface area contributed by atoms with Crippen molar-refractivity contribution in [3.8, 4) is 0 Å². The lowest BCUT2D eigenvalue weighted by atomic mass is 9.78. The van der Waals surface area contributed by atoms with Gasteiger partial charge >= 0.3 is 5.97 Å². The quantitative estimate of drug-likeness (QED) is 0.751. The Labute approximate surface area is 144 Å². The van der Waals surface area contributed by atoms with Gasteiger partial charge in [0.15, 0.2) is 0 Å². The van der Waals surface area contributed by atoms with Crippen LogP contribution >= 0.6 is 43.2 Å². The van der Waals surface area contributed by atoms with E-state index in [9.17, 15) is 14.7 Å². The second-order valence-electron chi connectivity index (χ2n) is 5.46. The summed E-state index contributed by atoms with van der Waals surface area (Å²) in [5, 5.41) is 9.24. The van der Waals surface area contributed by atoms with Crippen LogP contribution in [0.15, 0.2) is 13.6 Å². The van der Waals surface area contributed by atoms with Gasteiger partial charge in [0.25, 0.3) is 5.91 Å². The maximum atomic E-state index is 12.8. The van der Waals surface area contributed by atoms with E-state index < -0.39 is 11.5 Å². The third kappa shape index (κ3) is 3.68. The summed E-state index contributed by atoms with van der Waals surface area (Å²) in [5.41, 5.74) is 0.0272. The molecule has 0 saturated heterocycles. The zero-order chi connectivity index (χ0) is 15.6. The number of halogens is 2. The number of nitrogens with zero attached hydrogens (tertiary/aromatic N) is 1. The number of amides is 1. The molecule has 7 heteroatoms. The molecule has 1 aromatic heterocycles. The second-order valence-corrected chi connectivity index (χ2v) is 9.21. The van der Waals surface area contributed by atoms with Crippen molar-refractivity contribution in [2.75, 3.05) is 7.05 Å². The molecule has 1 aliphatic carbocycles. The maximum absolute atomic E-state index is 12.8. The maximum Gasteiger partial charge on any atom is 0.305 e. The highest BCUT2D eigenvalue weighted by Gasteiger charge is 2.41. The number of carbonyl (C=O) groups excluding carboxylic acids is 1. The minimum absolute atomic E-state index is 0.0121. The van der Waals surface area contributed by atoms with Crippen LogP contribution in [0.1, 0.15) is 48.9 Å². The number of aliphatic carboxylic acids is 1. The van der Waals surface area contributed by atoms with Crippen LogP contribution < -0.4 is 0 Å². The van der Waals surface area contributed by atoms with Crippen LogP contribution in [0.4, 0.5) is 0 Å². The molecule has 2 rings (SSSR count). The number of rotatable bonds is 4. The molecule has 1 aromatic rings. The molecule has 1 N–H and O–H groups in total. The number of carboxylic acid groups (broad SMARTS) is 1. The van der Waals surface area contributed by atoms with Gasteiger partial charge in [0.05, 0.1) is 25.1 Å². The van der Waals surface area contributed by atoms with Crippen LogP contribution in [0.2, 0.25) is 0 Å². The summed E-state index contributed by atoms with van der Waals surface area (Å²) in [6.07, 6.45) is 4.57. The molecule has 0 bridgehead atoms. The lowest BCUT2D eigenvalue weighted by molar-refractivity contribution is -0.140. The largest absolute Gasteiger partial charge is 0.481 e. The molecule has 0 unspecified atom stereocenters. The van der Waals surface area contributed by atoms with Gasteiger partial charge in [-0.15, -0.1) is 11.3 Å². The van der Waals surface area contributed by atoms with Crippen molar-refractivity contribution in [2.24, 2.45) is 0 Å². The van der Waals surface area contributed by atoms with Crippen molar-refractivity contribution in [1.29, 1.82) is 0 Å². The predicted octanol–water partition coefficient (Wildman–Crippen LogP) is 4.52. The standard InChI is InChI=1S/C14H17Br2NO3S/c1-17(13(20)9-7-10(15)21-12(9)16)14(8-11(18)19)5-3-2-4-6-14/h7H,2-6,8H2,1H3,(H,18,19). The zero-order valence-corrected chi connectivity index (χ0v) is 15.7. The summed E-state index contributed by atoms with van der Waals surface area (Å²) >= 11 is 8.22. The highest BCUT2D eigenvalue weighted by Crippen LogP contribution is 2.39. The van der Waals surface area contributed by atoms with Crippen LogP contribution in [-0.4, -0.2) is 34.5 Å². The second kappa shape index (κ2) is 6.79. The molecule has 0 atom stereocenters. The van der Waals surface area contributed by atoms with Crippen molar-refractivity contribution in [3.63, 3.8) is 0 Å². The molecule has 1 heterocycles. The fraction of sp³-hybridized carbons (Fsp3) is 0.571. The van der Waals surface area contributed by atoms with Crippen LogP contribution in [0.3, 0.4) is 0 Å². The Bertz CT molecular complexity index is 552. The molecule has 1 saturated carbocycles. The topological polar surface area (TPSA) is 57.6 Å². The monoisotopic (exact) mass is 437 g/mol. The van der Waals surface area contributed by atoms with E-state index >= 15 is 0 Å². The molecule has 116 valence electrons. The van der Waals surface area contributed by atoms with Crippen molar-refractivity contribution >= 4 is 55.1 Å². The van der Waals surface area contributed by atoms with E-state index in [4.69, 9.17) is 0 Å². The van der Waals surface area contributed by atoms with E-state index in [1.165, 1.54) is 11.3 Å². The van der Waals surface area contributed by atoms with Crippen LogP contribution in [-0.2, 0) is 4.79 Å². The summed E-state index contributed by atoms with van der Waals surface area (Å²) in [6, 6.07) is 1.78. The molecule has 1 aliphatic rings. The van der Waals surface area contributed by atoms with Crippen LogP contribution in [0, 0.1) is 0 Å². The summed E-state index contributed by atoms with van der Waals surface area (Å²) < 4.78 is 1.65. The van der Waals surface area contributed by atoms with E-state index in [-0.39, 0.29) is 12.3 Å². The van der Waals surface area contributed by atoms with E-state index in [0.29, 0.717) is 5.56 Å². The van der Waals surface area contributed by atoms with E-state index in [2.05, 4.69) is 31.9 Å². The lowest BCUT2D eigenvalue weighted by Crippen LogP contribution is -2.52. The van der Waals surface area contributed by atoms with Gasteiger partial charge in [-0.3, -0.25) is 9.59 Å². The number of carbonyl (C=O) groups is 2. The Morgan fingerprint density at radius 1 is 1.33 bits per heavy atom. The SMILES string of the molecule is CN(C(=O)c1cc(Br)sc1Br)C1(CC(=O)O)CCCCC1. The number of thiophene rings is 1. The summed E-state index contributed by atoms with van der Waals surface area (Å²) in [5.74, 6) is -0.964. The molecule has 4 nitrogen and oxygen atoms in total. The Morgan fingerprint density at radius 2 is 1.95 bits per heavy atom. The first kappa shape index (κ1) is 17.0. The fourth-order valence-electron chi connectivity index (χ4n) is 3.00. The average molecular weight is 439 g/mol. The fourth-order valence-corrected chi connectivity index (χ4v) is 5.78. The average Bonchev–Trinajstić information content (AvgIpc) is 2.76. The zero-order valence-electron chi connectivity index (χ0n) is 11.7. The molecule has 0 aromatic carbocycles. The van der Waals surface area contributed by atoms with Gasteiger partial charge in [0, 0.05) is 7.05 Å². The molecule has 1 fully saturated rings. The van der Waals surface area contributed by atoms with Gasteiger partial charge in [-0.25, -0.2) is 0 Å². The number of carboxylic acids is 1. The highest BCUT2D eigenvalue weighted by atomic mass is 79.9. The van der Waals surface area contributed by atoms with Gasteiger partial charge in [-0.2, -0.15) is 0 Å². The van der Waals surface area contributed by atoms with Gasteiger partial charge in [-0.05, 0) is 50.8 Å². The normalized spacial score (nSPS) is 17.5. The minimum atomic E-state index is -0.845. The number of hydrogen-bond acceptors (Lipinski definition) is 3. The van der Waals surface area contributed by atoms with E-state index in [1.54, 1.807) is 18.0 Å². The molecule has 21 heavy (non-hydrogen) atoms. The molecule has 0 spiro atoms. The lowest BCUT2D eigenvalue weighted by Gasteiger charge is -2.43. The van der Waals surface area contributed by atoms with Crippen LogP contribution in [0.25, 0.3) is 0 Å². The van der Waals surface area contributed by atoms with Crippen molar-refractivity contribution in [1.82, 2.24) is 4.90 Å². The van der Waals surface area contributed by atoms with Gasteiger partial charge in [0.2, 0.25) is 0 Å². The Kier molecular flexibility index (Phi) is 5.48. The van der Waals surface area contributed by atoms with Gasteiger partial charge in [-0.1, -0.05) is 19.3 Å². The Balaban J connectivity index is 2.29. The summed E-state index contributed by atoms with van der Waals surface area (Å²) in [6.45, 7) is 0. The third-order valence-corrected chi connectivity index (χ3v) is 6.51. The summed E-state index contributed by atoms with van der Waals surface area (Å²) in [4.78, 5) is 25.7. The molecular weight excluding hydrogens is 422 g/mol. The first-order chi connectivity index (χ1) is 9.85. The Hall–Kier alpha value is -0.400. The Morgan fingerprint density at radius 3 is 2.43 bits per heavy atom. The number of hydrogen-bond donors (Lipinski definition) is 1. The van der Waals surface area contributed by atoms with Crippen molar-refractivity contribution < 1.29 is 14.7 Å². The predicted molar refractivity (Wildman–Crippen MR) is 89.9 cm³/mol. The van der Waals surface area contributed by atoms with Crippen molar-refractivity contribution in [2.45, 2.75) is 44.1 Å². The van der Waals surface area contributed by atoms with Gasteiger partial charge < -0.3 is 10.0 Å². The highest BCUT2D eigenvalue weighted by molar-refractivity contribution is 9.12. The molecule has 1 amide bonds. The first-order valence-corrected chi connectivity index (χ1v) is 9.21. The molecule has 0 radical (unpaired) electrons. The van der Waals surface area contributed by atoms with Crippen LogP contribution in [0.5, 0.6) is 0 Å².